The topological polar surface area (TPSA) is 76.6 Å². The summed E-state index contributed by atoms with van der Waals surface area (Å²) >= 11 is 0. The van der Waals surface area contributed by atoms with Gasteiger partial charge in [-0.25, -0.2) is 0 Å². The van der Waals surface area contributed by atoms with Crippen molar-refractivity contribution in [1.82, 2.24) is 10.1 Å². The van der Waals surface area contributed by atoms with Gasteiger partial charge < -0.3 is 9.42 Å². The maximum atomic E-state index is 12.5. The van der Waals surface area contributed by atoms with Gasteiger partial charge in [-0.1, -0.05) is 36.3 Å². The highest BCUT2D eigenvalue weighted by Gasteiger charge is 2.32. The molecule has 3 heterocycles. The molecule has 0 bridgehead atoms. The molecule has 170 valence electrons. The second-order valence-electron chi connectivity index (χ2n) is 9.15. The van der Waals surface area contributed by atoms with E-state index in [2.05, 4.69) is 46.1 Å². The summed E-state index contributed by atoms with van der Waals surface area (Å²) in [5, 5.41) is 14.7. The van der Waals surface area contributed by atoms with Crippen molar-refractivity contribution < 1.29 is 9.32 Å². The number of nitrogens with zero attached hydrogens (tertiary/aromatic N) is 5. The van der Waals surface area contributed by atoms with Gasteiger partial charge >= 0.3 is 0 Å². The zero-order valence-electron chi connectivity index (χ0n) is 19.2. The minimum Gasteiger partial charge on any atom is -0.354 e. The molecule has 2 atom stereocenters. The summed E-state index contributed by atoms with van der Waals surface area (Å²) < 4.78 is 5.48. The third-order valence-electron chi connectivity index (χ3n) is 6.95. The highest BCUT2D eigenvalue weighted by molar-refractivity contribution is 5.98. The lowest BCUT2D eigenvalue weighted by Gasteiger charge is -2.35. The number of piperazine rings is 1. The first-order chi connectivity index (χ1) is 16.0. The molecule has 0 spiro atoms. The normalized spacial score (nSPS) is 20.0. The number of hydrogen-bond acceptors (Lipinski definition) is 6. The van der Waals surface area contributed by atoms with E-state index >= 15 is 0 Å². The van der Waals surface area contributed by atoms with Crippen LogP contribution in [0.2, 0.25) is 0 Å². The maximum absolute atomic E-state index is 12.5. The first-order valence-electron chi connectivity index (χ1n) is 11.7. The highest BCUT2D eigenvalue weighted by atomic mass is 16.5. The number of fused-ring (bicyclic) bond motifs is 2. The fourth-order valence-corrected chi connectivity index (χ4v) is 5.03. The van der Waals surface area contributed by atoms with Crippen molar-refractivity contribution in [2.24, 2.45) is 0 Å². The van der Waals surface area contributed by atoms with Crippen LogP contribution < -0.4 is 9.80 Å². The summed E-state index contributed by atoms with van der Waals surface area (Å²) in [6.07, 6.45) is 1.43. The van der Waals surface area contributed by atoms with Crippen molar-refractivity contribution in [2.45, 2.75) is 38.6 Å². The summed E-state index contributed by atoms with van der Waals surface area (Å²) in [5.74, 6) is 1.16. The summed E-state index contributed by atoms with van der Waals surface area (Å²) in [4.78, 5) is 19.0. The molecule has 0 N–H and O–H groups in total. The van der Waals surface area contributed by atoms with Crippen LogP contribution in [-0.2, 0) is 11.2 Å². The predicted octanol–water partition coefficient (Wildman–Crippen LogP) is 3.94. The van der Waals surface area contributed by atoms with Crippen LogP contribution >= 0.6 is 0 Å². The van der Waals surface area contributed by atoms with Crippen LogP contribution in [0.1, 0.15) is 37.3 Å². The van der Waals surface area contributed by atoms with Gasteiger partial charge in [0.2, 0.25) is 5.91 Å². The summed E-state index contributed by atoms with van der Waals surface area (Å²) in [7, 11) is 0. The Hall–Kier alpha value is -3.37. The van der Waals surface area contributed by atoms with Crippen LogP contribution in [0.25, 0.3) is 11.0 Å². The number of rotatable bonds is 5. The van der Waals surface area contributed by atoms with Crippen molar-refractivity contribution in [2.75, 3.05) is 42.5 Å². The van der Waals surface area contributed by atoms with E-state index in [0.717, 1.165) is 61.6 Å². The number of nitriles is 1. The molecule has 1 fully saturated rings. The number of hydrogen-bond donors (Lipinski definition) is 0. The number of anilines is 2. The molecule has 1 saturated heterocycles. The van der Waals surface area contributed by atoms with Gasteiger partial charge in [0.25, 0.3) is 0 Å². The highest BCUT2D eigenvalue weighted by Crippen LogP contribution is 2.37. The van der Waals surface area contributed by atoms with Crippen molar-refractivity contribution in [3.8, 4) is 6.07 Å². The number of para-hydroxylation sites is 1. The molecule has 33 heavy (non-hydrogen) atoms. The number of aromatic nitrogens is 1. The number of amides is 1. The first kappa shape index (κ1) is 21.5. The Labute approximate surface area is 194 Å². The monoisotopic (exact) mass is 443 g/mol. The molecule has 2 aliphatic rings. The molecular weight excluding hydrogens is 414 g/mol. The molecule has 2 unspecified atom stereocenters. The molecule has 0 aliphatic carbocycles. The first-order valence-corrected chi connectivity index (χ1v) is 11.7. The third kappa shape index (κ3) is 4.07. The van der Waals surface area contributed by atoms with E-state index in [1.165, 1.54) is 11.1 Å². The van der Waals surface area contributed by atoms with Crippen LogP contribution in [0, 0.1) is 11.3 Å². The summed E-state index contributed by atoms with van der Waals surface area (Å²) in [5.41, 5.74) is 4.19. The quantitative estimate of drug-likeness (QED) is 0.594. The van der Waals surface area contributed by atoms with Crippen molar-refractivity contribution >= 4 is 28.4 Å². The average molecular weight is 444 g/mol. The van der Waals surface area contributed by atoms with Crippen molar-refractivity contribution in [3.63, 3.8) is 0 Å². The Morgan fingerprint density at radius 1 is 1.18 bits per heavy atom. The van der Waals surface area contributed by atoms with Gasteiger partial charge in [-0.15, -0.1) is 0 Å². The van der Waals surface area contributed by atoms with Gasteiger partial charge in [0.1, 0.15) is 6.04 Å². The molecule has 2 aliphatic heterocycles. The van der Waals surface area contributed by atoms with Crippen LogP contribution in [0.5, 0.6) is 0 Å². The number of benzene rings is 2. The van der Waals surface area contributed by atoms with Gasteiger partial charge in [-0.05, 0) is 48.6 Å². The van der Waals surface area contributed by atoms with E-state index in [1.807, 2.05) is 24.3 Å². The van der Waals surface area contributed by atoms with Crippen LogP contribution in [0.15, 0.2) is 47.0 Å². The fourth-order valence-electron chi connectivity index (χ4n) is 5.03. The van der Waals surface area contributed by atoms with E-state index in [-0.39, 0.29) is 11.8 Å². The molecule has 1 aromatic heterocycles. The molecule has 0 radical (unpaired) electrons. The standard InChI is InChI=1S/C26H29N5O2/c1-18-15-25(32)31(19(2)17-27)23-8-7-20(16-22(18)23)9-10-29-11-13-30(14-12-29)26-21-5-3-4-6-24(21)33-28-26/h3-8,16,18-19H,9-15H2,1-2H3. The average Bonchev–Trinajstić information content (AvgIpc) is 3.27. The Morgan fingerprint density at radius 3 is 2.76 bits per heavy atom. The smallest absolute Gasteiger partial charge is 0.228 e. The van der Waals surface area contributed by atoms with Crippen LogP contribution in [0.3, 0.4) is 0 Å². The lowest BCUT2D eigenvalue weighted by molar-refractivity contribution is -0.119. The lowest BCUT2D eigenvalue weighted by Crippen LogP contribution is -2.47. The van der Waals surface area contributed by atoms with E-state index in [9.17, 15) is 10.1 Å². The second-order valence-corrected chi connectivity index (χ2v) is 9.15. The van der Waals surface area contributed by atoms with Gasteiger partial charge in [0.05, 0.1) is 11.5 Å². The lowest BCUT2D eigenvalue weighted by atomic mass is 9.88. The minimum absolute atomic E-state index is 0.0366. The maximum Gasteiger partial charge on any atom is 0.228 e. The Morgan fingerprint density at radius 2 is 1.97 bits per heavy atom. The number of carbonyl (C=O) groups excluding carboxylic acids is 1. The number of carbonyl (C=O) groups is 1. The third-order valence-corrected chi connectivity index (χ3v) is 6.95. The van der Waals surface area contributed by atoms with Crippen molar-refractivity contribution in [3.05, 3.63) is 53.6 Å². The molecule has 2 aromatic carbocycles. The molecule has 1 amide bonds. The molecule has 7 heteroatoms. The Bertz CT molecular complexity index is 1200. The molecule has 0 saturated carbocycles. The largest absolute Gasteiger partial charge is 0.354 e. The van der Waals surface area contributed by atoms with Gasteiger partial charge in [0.15, 0.2) is 11.4 Å². The molecular formula is C26H29N5O2. The van der Waals surface area contributed by atoms with Gasteiger partial charge in [-0.3, -0.25) is 14.6 Å². The second kappa shape index (κ2) is 8.87. The molecule has 3 aromatic rings. The summed E-state index contributed by atoms with van der Waals surface area (Å²) in [6, 6.07) is 16.1. The van der Waals surface area contributed by atoms with E-state index in [0.29, 0.717) is 6.42 Å². The summed E-state index contributed by atoms with van der Waals surface area (Å²) in [6.45, 7) is 8.73. The SMILES string of the molecule is CC1CC(=O)N(C(C)C#N)c2ccc(CCN3CCN(c4noc5ccccc45)CC3)cc21. The van der Waals surface area contributed by atoms with Crippen LogP contribution in [0.4, 0.5) is 11.5 Å². The van der Waals surface area contributed by atoms with Crippen LogP contribution in [-0.4, -0.2) is 54.7 Å². The Kier molecular flexibility index (Phi) is 5.77. The fraction of sp³-hybridized carbons (Fsp3) is 0.423. The van der Waals surface area contributed by atoms with E-state index in [4.69, 9.17) is 4.52 Å². The Balaban J connectivity index is 1.22. The molecule has 5 rings (SSSR count). The van der Waals surface area contributed by atoms with Gasteiger partial charge in [-0.2, -0.15) is 5.26 Å². The zero-order valence-corrected chi connectivity index (χ0v) is 19.2. The minimum atomic E-state index is -0.451. The zero-order chi connectivity index (χ0) is 22.9. The molecule has 7 nitrogen and oxygen atoms in total. The van der Waals surface area contributed by atoms with E-state index < -0.39 is 6.04 Å². The van der Waals surface area contributed by atoms with Gasteiger partial charge in [0, 0.05) is 44.8 Å². The predicted molar refractivity (Wildman–Crippen MR) is 128 cm³/mol. The van der Waals surface area contributed by atoms with Crippen molar-refractivity contribution in [1.29, 1.82) is 5.26 Å². The van der Waals surface area contributed by atoms with E-state index in [1.54, 1.807) is 11.8 Å².